The van der Waals surface area contributed by atoms with E-state index >= 15 is 0 Å². The van der Waals surface area contributed by atoms with Crippen molar-refractivity contribution in [1.29, 1.82) is 0 Å². The topological polar surface area (TPSA) is 55.9 Å². The number of rotatable bonds is 4. The summed E-state index contributed by atoms with van der Waals surface area (Å²) in [5, 5.41) is 8.97. The lowest BCUT2D eigenvalue weighted by Crippen LogP contribution is -2.24. The molecule has 7 heteroatoms. The maximum absolute atomic E-state index is 6.25. The number of halogens is 2. The Labute approximate surface area is 120 Å². The van der Waals surface area contributed by atoms with Gasteiger partial charge in [-0.25, -0.2) is 0 Å². The molecule has 0 aliphatic heterocycles. The smallest absolute Gasteiger partial charge is 0.104 e. The summed E-state index contributed by atoms with van der Waals surface area (Å²) in [6, 6.07) is 2.18. The molecule has 0 saturated carbocycles. The van der Waals surface area contributed by atoms with E-state index in [-0.39, 0.29) is 6.04 Å². The van der Waals surface area contributed by atoms with Gasteiger partial charge in [0.25, 0.3) is 0 Å². The molecule has 0 amide bonds. The van der Waals surface area contributed by atoms with Crippen LogP contribution in [-0.2, 0) is 7.05 Å². The molecule has 0 fully saturated rings. The van der Waals surface area contributed by atoms with Crippen LogP contribution in [-0.4, -0.2) is 22.4 Å². The lowest BCUT2D eigenvalue weighted by Gasteiger charge is -2.09. The summed E-state index contributed by atoms with van der Waals surface area (Å²) < 4.78 is 2.40. The number of nitrogens with zero attached hydrogens (tertiary/aromatic N) is 2. The van der Waals surface area contributed by atoms with E-state index in [0.29, 0.717) is 15.9 Å². The quantitative estimate of drug-likeness (QED) is 0.912. The van der Waals surface area contributed by atoms with E-state index < -0.39 is 0 Å². The predicted octanol–water partition coefficient (Wildman–Crippen LogP) is 3.21. The van der Waals surface area contributed by atoms with E-state index in [9.17, 15) is 0 Å². The van der Waals surface area contributed by atoms with Crippen molar-refractivity contribution in [1.82, 2.24) is 9.78 Å². The van der Waals surface area contributed by atoms with Gasteiger partial charge in [-0.3, -0.25) is 4.68 Å². The third-order valence-electron chi connectivity index (χ3n) is 2.58. The molecule has 0 spiro atoms. The highest BCUT2D eigenvalue weighted by molar-refractivity contribution is 7.20. The summed E-state index contributed by atoms with van der Waals surface area (Å²) in [6.07, 6.45) is 1.61. The Hall–Kier alpha value is -0.750. The van der Waals surface area contributed by atoms with E-state index in [1.165, 1.54) is 11.3 Å². The summed E-state index contributed by atoms with van der Waals surface area (Å²) >= 11 is 13.8. The van der Waals surface area contributed by atoms with E-state index in [2.05, 4.69) is 10.4 Å². The van der Waals surface area contributed by atoms with Crippen LogP contribution in [0.1, 0.15) is 6.92 Å². The first kappa shape index (κ1) is 13.7. The molecule has 0 bridgehead atoms. The average molecular weight is 305 g/mol. The van der Waals surface area contributed by atoms with Crippen LogP contribution in [0.4, 0.5) is 5.00 Å². The van der Waals surface area contributed by atoms with E-state index in [0.717, 1.165) is 16.3 Å². The largest absolute Gasteiger partial charge is 0.373 e. The van der Waals surface area contributed by atoms with Crippen molar-refractivity contribution < 1.29 is 0 Å². The minimum atomic E-state index is 0.203. The van der Waals surface area contributed by atoms with Crippen molar-refractivity contribution in [3.05, 3.63) is 21.6 Å². The molecule has 1 atom stereocenters. The molecule has 0 aromatic carbocycles. The third kappa shape index (κ3) is 2.64. The van der Waals surface area contributed by atoms with Crippen molar-refractivity contribution in [3.8, 4) is 11.3 Å². The van der Waals surface area contributed by atoms with Gasteiger partial charge in [0.05, 0.1) is 21.9 Å². The second kappa shape index (κ2) is 5.48. The summed E-state index contributed by atoms with van der Waals surface area (Å²) in [6.45, 7) is 2.58. The van der Waals surface area contributed by atoms with Crippen LogP contribution in [0.2, 0.25) is 9.36 Å². The average Bonchev–Trinajstić information content (AvgIpc) is 2.82. The molecule has 18 heavy (non-hydrogen) atoms. The first-order chi connectivity index (χ1) is 8.52. The van der Waals surface area contributed by atoms with Gasteiger partial charge in [0.15, 0.2) is 0 Å². The molecule has 2 rings (SSSR count). The summed E-state index contributed by atoms with van der Waals surface area (Å²) in [5.74, 6) is 0. The lowest BCUT2D eigenvalue weighted by atomic mass is 10.2. The lowest BCUT2D eigenvalue weighted by molar-refractivity contribution is 0.776. The van der Waals surface area contributed by atoms with E-state index in [1.807, 2.05) is 20.0 Å². The Morgan fingerprint density at radius 1 is 1.56 bits per heavy atom. The highest BCUT2D eigenvalue weighted by atomic mass is 35.5. The zero-order valence-electron chi connectivity index (χ0n) is 10.1. The van der Waals surface area contributed by atoms with Crippen molar-refractivity contribution in [2.24, 2.45) is 12.8 Å². The number of hydrogen-bond acceptors (Lipinski definition) is 4. The van der Waals surface area contributed by atoms with Crippen LogP contribution in [0.3, 0.4) is 0 Å². The van der Waals surface area contributed by atoms with Crippen molar-refractivity contribution in [3.63, 3.8) is 0 Å². The molecule has 0 radical (unpaired) electrons. The van der Waals surface area contributed by atoms with Gasteiger partial charge >= 0.3 is 0 Å². The van der Waals surface area contributed by atoms with E-state index in [4.69, 9.17) is 28.9 Å². The SMILES string of the molecule is C[C@@H](CN)Nc1cc(-c2c(Cl)cnn2C)c(Cl)s1. The Morgan fingerprint density at radius 2 is 2.28 bits per heavy atom. The van der Waals surface area contributed by atoms with Gasteiger partial charge in [0.1, 0.15) is 4.34 Å². The van der Waals surface area contributed by atoms with Crippen LogP contribution >= 0.6 is 34.5 Å². The molecule has 0 aliphatic carbocycles. The molecule has 98 valence electrons. The maximum atomic E-state index is 6.25. The molecule has 0 unspecified atom stereocenters. The maximum Gasteiger partial charge on any atom is 0.104 e. The van der Waals surface area contributed by atoms with Crippen molar-refractivity contribution >= 4 is 39.5 Å². The van der Waals surface area contributed by atoms with Crippen LogP contribution in [0.15, 0.2) is 12.3 Å². The van der Waals surface area contributed by atoms with Crippen LogP contribution in [0, 0.1) is 0 Å². The Balaban J connectivity index is 2.35. The fourth-order valence-corrected chi connectivity index (χ4v) is 3.17. The molecule has 4 nitrogen and oxygen atoms in total. The van der Waals surface area contributed by atoms with Gasteiger partial charge in [0, 0.05) is 25.2 Å². The summed E-state index contributed by atoms with van der Waals surface area (Å²) in [7, 11) is 1.84. The number of hydrogen-bond donors (Lipinski definition) is 2. The predicted molar refractivity (Wildman–Crippen MR) is 78.7 cm³/mol. The van der Waals surface area contributed by atoms with Crippen LogP contribution in [0.25, 0.3) is 11.3 Å². The minimum Gasteiger partial charge on any atom is -0.373 e. The second-order valence-corrected chi connectivity index (χ2v) is 6.11. The number of nitrogens with two attached hydrogens (primary N) is 1. The number of anilines is 1. The van der Waals surface area contributed by atoms with Crippen molar-refractivity contribution in [2.75, 3.05) is 11.9 Å². The van der Waals surface area contributed by atoms with Gasteiger partial charge in [-0.2, -0.15) is 5.10 Å². The number of nitrogens with one attached hydrogen (secondary N) is 1. The zero-order chi connectivity index (χ0) is 13.3. The highest BCUT2D eigenvalue weighted by Crippen LogP contribution is 2.41. The number of aryl methyl sites for hydroxylation is 1. The van der Waals surface area contributed by atoms with Gasteiger partial charge in [-0.1, -0.05) is 23.2 Å². The molecule has 2 heterocycles. The highest BCUT2D eigenvalue weighted by Gasteiger charge is 2.16. The zero-order valence-corrected chi connectivity index (χ0v) is 12.4. The molecule has 0 aliphatic rings. The van der Waals surface area contributed by atoms with Crippen molar-refractivity contribution in [2.45, 2.75) is 13.0 Å². The molecule has 0 saturated heterocycles. The number of aromatic nitrogens is 2. The van der Waals surface area contributed by atoms with Crippen LogP contribution < -0.4 is 11.1 Å². The monoisotopic (exact) mass is 304 g/mol. The van der Waals surface area contributed by atoms with Gasteiger partial charge in [0.2, 0.25) is 0 Å². The molecular formula is C11H14Cl2N4S. The first-order valence-electron chi connectivity index (χ1n) is 5.46. The summed E-state index contributed by atoms with van der Waals surface area (Å²) in [4.78, 5) is 0. The first-order valence-corrected chi connectivity index (χ1v) is 7.04. The molecule has 2 aromatic heterocycles. The Kier molecular flexibility index (Phi) is 4.17. The molecule has 2 aromatic rings. The standard InChI is InChI=1S/C11H14Cl2N4S/c1-6(4-14)16-9-3-7(11(13)18-9)10-8(12)5-15-17(10)2/h3,5-6,16H,4,14H2,1-2H3/t6-/m0/s1. The van der Waals surface area contributed by atoms with Gasteiger partial charge in [-0.05, 0) is 13.0 Å². The Morgan fingerprint density at radius 3 is 2.83 bits per heavy atom. The molecular weight excluding hydrogens is 291 g/mol. The number of thiophene rings is 1. The van der Waals surface area contributed by atoms with E-state index in [1.54, 1.807) is 10.9 Å². The van der Waals surface area contributed by atoms with Gasteiger partial charge < -0.3 is 11.1 Å². The minimum absolute atomic E-state index is 0.203. The fraction of sp³-hybridized carbons (Fsp3) is 0.364. The summed E-state index contributed by atoms with van der Waals surface area (Å²) in [5.41, 5.74) is 7.29. The van der Waals surface area contributed by atoms with Gasteiger partial charge in [-0.15, -0.1) is 11.3 Å². The normalized spacial score (nSPS) is 12.7. The second-order valence-electron chi connectivity index (χ2n) is 4.04. The molecule has 3 N–H and O–H groups in total. The Bertz CT molecular complexity index is 530. The van der Waals surface area contributed by atoms with Crippen LogP contribution in [0.5, 0.6) is 0 Å². The fourth-order valence-electron chi connectivity index (χ4n) is 1.62. The third-order valence-corrected chi connectivity index (χ3v) is 4.14.